The summed E-state index contributed by atoms with van der Waals surface area (Å²) in [5, 5.41) is 3.09. The molecule has 2 fully saturated rings. The lowest BCUT2D eigenvalue weighted by molar-refractivity contribution is 0.0714. The number of rotatable bonds is 4. The minimum absolute atomic E-state index is 0.105. The normalized spacial score (nSPS) is 18.1. The molecule has 1 saturated carbocycles. The van der Waals surface area contributed by atoms with Gasteiger partial charge in [-0.2, -0.15) is 0 Å². The number of hydrogen-bond donors (Lipinski definition) is 1. The highest BCUT2D eigenvalue weighted by Gasteiger charge is 2.25. The number of anilines is 1. The summed E-state index contributed by atoms with van der Waals surface area (Å²) in [6.45, 7) is 2.34. The number of nitrogens with one attached hydrogen (secondary N) is 1. The third-order valence-electron chi connectivity index (χ3n) is 5.40. The molecule has 0 unspecified atom stereocenters. The Morgan fingerprint density at radius 1 is 1.07 bits per heavy atom. The minimum atomic E-state index is -0.137. The molecule has 4 rings (SSSR count). The number of carbonyl (C=O) groups excluding carboxylic acids is 2. The molecule has 28 heavy (non-hydrogen) atoms. The van der Waals surface area contributed by atoms with Crippen LogP contribution in [0.1, 0.15) is 53.1 Å². The Morgan fingerprint density at radius 2 is 1.86 bits per heavy atom. The van der Waals surface area contributed by atoms with Crippen LogP contribution >= 0.6 is 0 Å². The standard InChI is InChI=1S/C20H25N5O3/c26-18(22-15-5-2-1-3-6-15)16-8-9-21-20(23-16)25-12-10-24(11-13-25)19(27)17-7-4-14-28-17/h4,7-9,14-15H,1-3,5-6,10-13H2,(H,22,26). The molecule has 1 N–H and O–H groups in total. The highest BCUT2D eigenvalue weighted by Crippen LogP contribution is 2.18. The van der Waals surface area contributed by atoms with Crippen molar-refractivity contribution in [3.8, 4) is 0 Å². The lowest BCUT2D eigenvalue weighted by Crippen LogP contribution is -2.49. The van der Waals surface area contributed by atoms with Crippen molar-refractivity contribution in [2.24, 2.45) is 0 Å². The number of hydrogen-bond acceptors (Lipinski definition) is 6. The smallest absolute Gasteiger partial charge is 0.289 e. The zero-order chi connectivity index (χ0) is 19.3. The molecule has 0 atom stereocenters. The maximum Gasteiger partial charge on any atom is 0.289 e. The average Bonchev–Trinajstić information content (AvgIpc) is 3.29. The summed E-state index contributed by atoms with van der Waals surface area (Å²) >= 11 is 0. The van der Waals surface area contributed by atoms with Gasteiger partial charge < -0.3 is 19.5 Å². The van der Waals surface area contributed by atoms with Crippen molar-refractivity contribution in [1.82, 2.24) is 20.2 Å². The van der Waals surface area contributed by atoms with E-state index in [-0.39, 0.29) is 17.9 Å². The molecule has 2 amide bonds. The Balaban J connectivity index is 1.35. The summed E-state index contributed by atoms with van der Waals surface area (Å²) in [5.41, 5.74) is 0.393. The highest BCUT2D eigenvalue weighted by atomic mass is 16.3. The quantitative estimate of drug-likeness (QED) is 0.869. The Morgan fingerprint density at radius 3 is 2.57 bits per heavy atom. The van der Waals surface area contributed by atoms with E-state index in [1.54, 1.807) is 29.3 Å². The Bertz CT molecular complexity index is 809. The van der Waals surface area contributed by atoms with Gasteiger partial charge in [-0.1, -0.05) is 19.3 Å². The summed E-state index contributed by atoms with van der Waals surface area (Å²) in [7, 11) is 0. The zero-order valence-corrected chi connectivity index (χ0v) is 15.8. The van der Waals surface area contributed by atoms with Crippen LogP contribution in [0.4, 0.5) is 5.95 Å². The fourth-order valence-corrected chi connectivity index (χ4v) is 3.80. The van der Waals surface area contributed by atoms with E-state index in [0.29, 0.717) is 43.6 Å². The first-order valence-corrected chi connectivity index (χ1v) is 9.92. The number of aromatic nitrogens is 2. The second kappa shape index (κ2) is 8.41. The molecule has 2 aromatic rings. The SMILES string of the molecule is O=C(NC1CCCCC1)c1ccnc(N2CCN(C(=O)c3ccco3)CC2)n1. The van der Waals surface area contributed by atoms with Crippen LogP contribution in [0.25, 0.3) is 0 Å². The van der Waals surface area contributed by atoms with Gasteiger partial charge in [0.15, 0.2) is 5.76 Å². The molecule has 8 heteroatoms. The second-order valence-corrected chi connectivity index (χ2v) is 7.31. The first kappa shape index (κ1) is 18.5. The summed E-state index contributed by atoms with van der Waals surface area (Å²) < 4.78 is 5.19. The van der Waals surface area contributed by atoms with Crippen LogP contribution in [-0.2, 0) is 0 Å². The highest BCUT2D eigenvalue weighted by molar-refractivity contribution is 5.93. The third kappa shape index (κ3) is 4.16. The summed E-state index contributed by atoms with van der Waals surface area (Å²) in [5.74, 6) is 0.640. The van der Waals surface area contributed by atoms with Crippen LogP contribution in [0.2, 0.25) is 0 Å². The molecule has 2 aromatic heterocycles. The van der Waals surface area contributed by atoms with Gasteiger partial charge in [0.1, 0.15) is 5.69 Å². The minimum Gasteiger partial charge on any atom is -0.459 e. The molecule has 0 aromatic carbocycles. The van der Waals surface area contributed by atoms with Crippen molar-refractivity contribution in [2.45, 2.75) is 38.1 Å². The third-order valence-corrected chi connectivity index (χ3v) is 5.40. The molecule has 2 aliphatic rings. The van der Waals surface area contributed by atoms with Gasteiger partial charge >= 0.3 is 0 Å². The van der Waals surface area contributed by atoms with Crippen molar-refractivity contribution in [2.75, 3.05) is 31.1 Å². The van der Waals surface area contributed by atoms with Crippen molar-refractivity contribution >= 4 is 17.8 Å². The Hall–Kier alpha value is -2.90. The van der Waals surface area contributed by atoms with Crippen LogP contribution in [0.3, 0.4) is 0 Å². The zero-order valence-electron chi connectivity index (χ0n) is 15.8. The molecular formula is C20H25N5O3. The van der Waals surface area contributed by atoms with Gasteiger partial charge in [-0.15, -0.1) is 0 Å². The molecule has 0 spiro atoms. The summed E-state index contributed by atoms with van der Waals surface area (Å²) in [4.78, 5) is 37.5. The fraction of sp³-hybridized carbons (Fsp3) is 0.500. The monoisotopic (exact) mass is 383 g/mol. The maximum absolute atomic E-state index is 12.5. The van der Waals surface area contributed by atoms with Gasteiger partial charge in [-0.3, -0.25) is 9.59 Å². The first-order chi connectivity index (χ1) is 13.7. The van der Waals surface area contributed by atoms with Crippen molar-refractivity contribution in [3.63, 3.8) is 0 Å². The first-order valence-electron chi connectivity index (χ1n) is 9.92. The van der Waals surface area contributed by atoms with Gasteiger partial charge in [-0.25, -0.2) is 9.97 Å². The summed E-state index contributed by atoms with van der Waals surface area (Å²) in [6, 6.07) is 5.28. The lowest BCUT2D eigenvalue weighted by Gasteiger charge is -2.34. The van der Waals surface area contributed by atoms with Gasteiger partial charge in [0, 0.05) is 38.4 Å². The van der Waals surface area contributed by atoms with Crippen LogP contribution in [0, 0.1) is 0 Å². The van der Waals surface area contributed by atoms with E-state index in [1.165, 1.54) is 25.5 Å². The van der Waals surface area contributed by atoms with Crippen LogP contribution in [-0.4, -0.2) is 58.9 Å². The number of furan rings is 1. The van der Waals surface area contributed by atoms with E-state index < -0.39 is 0 Å². The van der Waals surface area contributed by atoms with Crippen molar-refractivity contribution in [1.29, 1.82) is 0 Å². The van der Waals surface area contributed by atoms with Crippen LogP contribution < -0.4 is 10.2 Å². The fourth-order valence-electron chi connectivity index (χ4n) is 3.80. The van der Waals surface area contributed by atoms with Gasteiger partial charge in [-0.05, 0) is 31.0 Å². The van der Waals surface area contributed by atoms with Gasteiger partial charge in [0.25, 0.3) is 11.8 Å². The lowest BCUT2D eigenvalue weighted by atomic mass is 9.95. The van der Waals surface area contributed by atoms with Crippen LogP contribution in [0.15, 0.2) is 35.1 Å². The number of amides is 2. The molecule has 1 saturated heterocycles. The van der Waals surface area contributed by atoms with E-state index in [2.05, 4.69) is 15.3 Å². The van der Waals surface area contributed by atoms with Crippen molar-refractivity contribution in [3.05, 3.63) is 42.1 Å². The molecule has 148 valence electrons. The molecule has 1 aliphatic heterocycles. The Kier molecular flexibility index (Phi) is 5.55. The van der Waals surface area contributed by atoms with Crippen molar-refractivity contribution < 1.29 is 14.0 Å². The molecular weight excluding hydrogens is 358 g/mol. The maximum atomic E-state index is 12.5. The Labute approximate surface area is 163 Å². The predicted octanol–water partition coefficient (Wildman–Crippen LogP) is 2.09. The summed E-state index contributed by atoms with van der Waals surface area (Å²) in [6.07, 6.45) is 8.78. The molecule has 0 radical (unpaired) electrons. The largest absolute Gasteiger partial charge is 0.459 e. The van der Waals surface area contributed by atoms with Crippen LogP contribution in [0.5, 0.6) is 0 Å². The number of piperazine rings is 1. The number of nitrogens with zero attached hydrogens (tertiary/aromatic N) is 4. The second-order valence-electron chi connectivity index (χ2n) is 7.31. The molecule has 0 bridgehead atoms. The molecule has 1 aliphatic carbocycles. The van der Waals surface area contributed by atoms with Gasteiger partial charge in [0.2, 0.25) is 5.95 Å². The van der Waals surface area contributed by atoms with E-state index in [0.717, 1.165) is 12.8 Å². The van der Waals surface area contributed by atoms with E-state index in [9.17, 15) is 9.59 Å². The molecule has 8 nitrogen and oxygen atoms in total. The van der Waals surface area contributed by atoms with E-state index in [4.69, 9.17) is 4.42 Å². The topological polar surface area (TPSA) is 91.6 Å². The molecule has 3 heterocycles. The van der Waals surface area contributed by atoms with E-state index >= 15 is 0 Å². The number of carbonyl (C=O) groups is 2. The predicted molar refractivity (Wildman–Crippen MR) is 103 cm³/mol. The average molecular weight is 383 g/mol. The van der Waals surface area contributed by atoms with Gasteiger partial charge in [0.05, 0.1) is 6.26 Å². The van der Waals surface area contributed by atoms with E-state index in [1.807, 2.05) is 4.90 Å².